The van der Waals surface area contributed by atoms with Crippen LogP contribution in [0.2, 0.25) is 0 Å². The highest BCUT2D eigenvalue weighted by atomic mass is 32.1. The van der Waals surface area contributed by atoms with Crippen molar-refractivity contribution in [1.82, 2.24) is 5.32 Å². The van der Waals surface area contributed by atoms with E-state index >= 15 is 0 Å². The third kappa shape index (κ3) is 2.92. The Kier molecular flexibility index (Phi) is 4.59. The Labute approximate surface area is 121 Å². The van der Waals surface area contributed by atoms with Gasteiger partial charge in [0.15, 0.2) is 0 Å². The fraction of sp³-hybridized carbons (Fsp3) is 0.357. The van der Waals surface area contributed by atoms with Crippen LogP contribution in [0.25, 0.3) is 10.1 Å². The molecule has 0 radical (unpaired) electrons. The zero-order valence-electron chi connectivity index (χ0n) is 11.5. The first-order valence-corrected chi connectivity index (χ1v) is 7.09. The molecule has 1 aromatic heterocycles. The van der Waals surface area contributed by atoms with Gasteiger partial charge in [0.1, 0.15) is 4.88 Å². The van der Waals surface area contributed by atoms with E-state index in [4.69, 9.17) is 10.5 Å². The average molecular weight is 294 g/mol. The third-order valence-corrected chi connectivity index (χ3v) is 4.37. The number of nitrogen functional groups attached to an aromatic ring is 1. The van der Waals surface area contributed by atoms with Crippen LogP contribution in [0.4, 0.5) is 5.69 Å². The van der Waals surface area contributed by atoms with Crippen molar-refractivity contribution in [3.05, 3.63) is 28.6 Å². The van der Waals surface area contributed by atoms with E-state index in [1.54, 1.807) is 0 Å². The minimum Gasteiger partial charge on any atom is -0.397 e. The van der Waals surface area contributed by atoms with Crippen LogP contribution in [0.1, 0.15) is 15.2 Å². The van der Waals surface area contributed by atoms with Crippen molar-refractivity contribution in [1.29, 1.82) is 0 Å². The Morgan fingerprint density at radius 3 is 2.95 bits per heavy atom. The number of aliphatic hydroxyl groups excluding tert-OH is 1. The zero-order chi connectivity index (χ0) is 14.7. The molecule has 1 aromatic carbocycles. The average Bonchev–Trinajstić information content (AvgIpc) is 2.76. The number of anilines is 1. The predicted molar refractivity (Wildman–Crippen MR) is 81.2 cm³/mol. The lowest BCUT2D eigenvalue weighted by Gasteiger charge is -2.10. The number of aryl methyl sites for hydroxylation is 1. The molecule has 1 atom stereocenters. The predicted octanol–water partition coefficient (Wildman–Crippen LogP) is 1.53. The minimum absolute atomic E-state index is 0.138. The number of aliphatic hydroxyl groups is 1. The van der Waals surface area contributed by atoms with Gasteiger partial charge in [-0.15, -0.1) is 11.3 Å². The molecule has 0 fully saturated rings. The molecule has 0 saturated heterocycles. The first-order chi connectivity index (χ1) is 9.54. The molecule has 1 heterocycles. The molecule has 5 nitrogen and oxygen atoms in total. The summed E-state index contributed by atoms with van der Waals surface area (Å²) in [5.41, 5.74) is 7.62. The number of benzene rings is 1. The maximum Gasteiger partial charge on any atom is 0.263 e. The Morgan fingerprint density at radius 1 is 1.55 bits per heavy atom. The second kappa shape index (κ2) is 6.21. The van der Waals surface area contributed by atoms with Crippen LogP contribution < -0.4 is 11.1 Å². The molecule has 20 heavy (non-hydrogen) atoms. The Hall–Kier alpha value is -1.63. The van der Waals surface area contributed by atoms with Gasteiger partial charge in [0.05, 0.1) is 18.4 Å². The van der Waals surface area contributed by atoms with Gasteiger partial charge in [-0.1, -0.05) is 18.2 Å². The van der Waals surface area contributed by atoms with Crippen molar-refractivity contribution in [2.24, 2.45) is 0 Å². The van der Waals surface area contributed by atoms with Crippen LogP contribution in [0.3, 0.4) is 0 Å². The van der Waals surface area contributed by atoms with Crippen LogP contribution in [0.5, 0.6) is 0 Å². The molecular formula is C14H18N2O3S. The normalized spacial score (nSPS) is 12.6. The van der Waals surface area contributed by atoms with E-state index in [-0.39, 0.29) is 19.1 Å². The van der Waals surface area contributed by atoms with Gasteiger partial charge in [-0.2, -0.15) is 0 Å². The molecule has 1 amide bonds. The van der Waals surface area contributed by atoms with Crippen molar-refractivity contribution >= 4 is 33.0 Å². The van der Waals surface area contributed by atoms with E-state index in [1.807, 2.05) is 25.1 Å². The SMILES string of the molecule is COCC(O)CNC(=O)c1sc2c(C)cccc2c1N. The molecule has 2 rings (SSSR count). The van der Waals surface area contributed by atoms with Gasteiger partial charge in [-0.25, -0.2) is 0 Å². The molecule has 0 aliphatic rings. The summed E-state index contributed by atoms with van der Waals surface area (Å²) in [5.74, 6) is -0.266. The number of hydrogen-bond acceptors (Lipinski definition) is 5. The number of fused-ring (bicyclic) bond motifs is 1. The number of methoxy groups -OCH3 is 1. The largest absolute Gasteiger partial charge is 0.397 e. The molecule has 0 bridgehead atoms. The van der Waals surface area contributed by atoms with Crippen LogP contribution in [-0.4, -0.2) is 37.4 Å². The second-order valence-corrected chi connectivity index (χ2v) is 5.64. The maximum absolute atomic E-state index is 12.1. The van der Waals surface area contributed by atoms with E-state index in [0.717, 1.165) is 15.6 Å². The second-order valence-electron chi connectivity index (χ2n) is 4.62. The first-order valence-electron chi connectivity index (χ1n) is 6.27. The minimum atomic E-state index is -0.721. The van der Waals surface area contributed by atoms with Gasteiger partial charge < -0.3 is 20.9 Å². The van der Waals surface area contributed by atoms with E-state index in [0.29, 0.717) is 10.6 Å². The zero-order valence-corrected chi connectivity index (χ0v) is 12.3. The number of amides is 1. The lowest BCUT2D eigenvalue weighted by atomic mass is 10.1. The fourth-order valence-electron chi connectivity index (χ4n) is 1.99. The summed E-state index contributed by atoms with van der Waals surface area (Å²) >= 11 is 1.37. The number of nitrogens with one attached hydrogen (secondary N) is 1. The lowest BCUT2D eigenvalue weighted by molar-refractivity contribution is 0.0611. The highest BCUT2D eigenvalue weighted by Gasteiger charge is 2.17. The molecule has 0 aliphatic heterocycles. The highest BCUT2D eigenvalue weighted by Crippen LogP contribution is 2.35. The van der Waals surface area contributed by atoms with Gasteiger partial charge in [0.2, 0.25) is 0 Å². The van der Waals surface area contributed by atoms with E-state index in [9.17, 15) is 9.90 Å². The number of carbonyl (C=O) groups is 1. The lowest BCUT2D eigenvalue weighted by Crippen LogP contribution is -2.34. The molecule has 0 spiro atoms. The van der Waals surface area contributed by atoms with Crippen LogP contribution in [-0.2, 0) is 4.74 Å². The van der Waals surface area contributed by atoms with E-state index in [1.165, 1.54) is 18.4 Å². The third-order valence-electron chi connectivity index (χ3n) is 3.01. The Balaban J connectivity index is 2.18. The van der Waals surface area contributed by atoms with Crippen LogP contribution >= 0.6 is 11.3 Å². The Bertz CT molecular complexity index is 624. The van der Waals surface area contributed by atoms with Gasteiger partial charge >= 0.3 is 0 Å². The number of carbonyl (C=O) groups excluding carboxylic acids is 1. The summed E-state index contributed by atoms with van der Waals surface area (Å²) in [6.45, 7) is 2.31. The monoisotopic (exact) mass is 294 g/mol. The van der Waals surface area contributed by atoms with Crippen molar-refractivity contribution in [2.45, 2.75) is 13.0 Å². The van der Waals surface area contributed by atoms with E-state index < -0.39 is 6.10 Å². The summed E-state index contributed by atoms with van der Waals surface area (Å²) in [6, 6.07) is 5.82. The highest BCUT2D eigenvalue weighted by molar-refractivity contribution is 7.21. The quantitative estimate of drug-likeness (QED) is 0.781. The van der Waals surface area contributed by atoms with Gasteiger partial charge in [0.25, 0.3) is 5.91 Å². The first kappa shape index (κ1) is 14.8. The van der Waals surface area contributed by atoms with Crippen molar-refractivity contribution in [3.63, 3.8) is 0 Å². The molecular weight excluding hydrogens is 276 g/mol. The van der Waals surface area contributed by atoms with Gasteiger partial charge in [-0.05, 0) is 12.5 Å². The van der Waals surface area contributed by atoms with Crippen molar-refractivity contribution in [3.8, 4) is 0 Å². The molecule has 108 valence electrons. The van der Waals surface area contributed by atoms with Gasteiger partial charge in [-0.3, -0.25) is 4.79 Å². The standard InChI is InChI=1S/C14H18N2O3S/c1-8-4-3-5-10-11(15)13(20-12(8)10)14(18)16-6-9(17)7-19-2/h3-5,9,17H,6-7,15H2,1-2H3,(H,16,18). The number of nitrogens with two attached hydrogens (primary N) is 1. The molecule has 6 heteroatoms. The smallest absolute Gasteiger partial charge is 0.263 e. The van der Waals surface area contributed by atoms with Crippen molar-refractivity contribution < 1.29 is 14.6 Å². The molecule has 4 N–H and O–H groups in total. The summed E-state index contributed by atoms with van der Waals surface area (Å²) < 4.78 is 5.83. The molecule has 0 aliphatic carbocycles. The summed E-state index contributed by atoms with van der Waals surface area (Å²) in [6.07, 6.45) is -0.721. The number of rotatable bonds is 5. The number of hydrogen-bond donors (Lipinski definition) is 3. The fourth-order valence-corrected chi connectivity index (χ4v) is 3.10. The number of ether oxygens (including phenoxy) is 1. The van der Waals surface area contributed by atoms with E-state index in [2.05, 4.69) is 5.32 Å². The van der Waals surface area contributed by atoms with Crippen LogP contribution in [0, 0.1) is 6.92 Å². The molecule has 0 saturated carbocycles. The summed E-state index contributed by atoms with van der Waals surface area (Å²) in [7, 11) is 1.50. The van der Waals surface area contributed by atoms with Crippen LogP contribution in [0.15, 0.2) is 18.2 Å². The summed E-state index contributed by atoms with van der Waals surface area (Å²) in [4.78, 5) is 12.6. The van der Waals surface area contributed by atoms with Crippen molar-refractivity contribution in [2.75, 3.05) is 26.0 Å². The molecule has 1 unspecified atom stereocenters. The van der Waals surface area contributed by atoms with Gasteiger partial charge in [0, 0.05) is 23.7 Å². The molecule has 2 aromatic rings. The topological polar surface area (TPSA) is 84.6 Å². The Morgan fingerprint density at radius 2 is 2.30 bits per heavy atom. The summed E-state index contributed by atoms with van der Waals surface area (Å²) in [5, 5.41) is 13.1. The number of thiophene rings is 1. The maximum atomic E-state index is 12.1.